The van der Waals surface area contributed by atoms with E-state index in [1.165, 1.54) is 18.0 Å². The third kappa shape index (κ3) is 7.96. The number of nitrogens with one attached hydrogen (secondary N) is 2. The summed E-state index contributed by atoms with van der Waals surface area (Å²) in [6.07, 6.45) is -0.696. The molecular formula is C27H34F2N4O4. The van der Waals surface area contributed by atoms with Crippen molar-refractivity contribution in [3.05, 3.63) is 65.0 Å². The summed E-state index contributed by atoms with van der Waals surface area (Å²) in [6, 6.07) is 12.5. The number of carbonyl (C=O) groups excluding carboxylic acids is 3. The molecule has 1 aliphatic heterocycles. The average molecular weight is 517 g/mol. The second kappa shape index (κ2) is 11.7. The van der Waals surface area contributed by atoms with Crippen molar-refractivity contribution in [2.24, 2.45) is 5.92 Å². The van der Waals surface area contributed by atoms with Crippen LogP contribution in [-0.4, -0.2) is 66.0 Å². The topological polar surface area (TPSA) is 101 Å². The molecule has 200 valence electrons. The van der Waals surface area contributed by atoms with Crippen molar-refractivity contribution in [3.8, 4) is 0 Å². The molecule has 0 aliphatic carbocycles. The normalized spacial score (nSPS) is 17.1. The first-order valence-corrected chi connectivity index (χ1v) is 12.3. The molecule has 3 amide bonds. The van der Waals surface area contributed by atoms with E-state index in [-0.39, 0.29) is 37.3 Å². The molecule has 0 spiro atoms. The van der Waals surface area contributed by atoms with Crippen LogP contribution >= 0.6 is 0 Å². The Bertz CT molecular complexity index is 1120. The van der Waals surface area contributed by atoms with Crippen LogP contribution in [-0.2, 0) is 11.2 Å². The number of piperidine rings is 1. The minimum atomic E-state index is -2.96. The predicted octanol–water partition coefficient (Wildman–Crippen LogP) is 4.04. The fourth-order valence-electron chi connectivity index (χ4n) is 4.09. The molecule has 0 radical (unpaired) electrons. The second-order valence-corrected chi connectivity index (χ2v) is 10.2. The molecule has 8 nitrogen and oxygen atoms in total. The number of hydrogen-bond donors (Lipinski definition) is 2. The van der Waals surface area contributed by atoms with Crippen molar-refractivity contribution in [3.63, 3.8) is 0 Å². The molecule has 0 bridgehead atoms. The lowest BCUT2D eigenvalue weighted by Gasteiger charge is -2.38. The van der Waals surface area contributed by atoms with E-state index in [1.807, 2.05) is 30.3 Å². The monoisotopic (exact) mass is 516 g/mol. The lowest BCUT2D eigenvalue weighted by Crippen LogP contribution is -2.51. The van der Waals surface area contributed by atoms with Crippen LogP contribution in [0.1, 0.15) is 65.7 Å². The highest BCUT2D eigenvalue weighted by Crippen LogP contribution is 2.35. The Kier molecular flexibility index (Phi) is 8.83. The Morgan fingerprint density at radius 2 is 1.84 bits per heavy atom. The molecule has 1 atom stereocenters. The first kappa shape index (κ1) is 28.0. The molecule has 0 saturated carbocycles. The summed E-state index contributed by atoms with van der Waals surface area (Å²) in [5.41, 5.74) is 1.07. The van der Waals surface area contributed by atoms with E-state index >= 15 is 0 Å². The highest BCUT2D eigenvalue weighted by molar-refractivity contribution is 5.98. The van der Waals surface area contributed by atoms with E-state index < -0.39 is 41.8 Å². The Morgan fingerprint density at radius 1 is 1.14 bits per heavy atom. The summed E-state index contributed by atoms with van der Waals surface area (Å²) in [4.78, 5) is 43.2. The minimum Gasteiger partial charge on any atom is -0.444 e. The maximum absolute atomic E-state index is 14.6. The Hall–Kier alpha value is -3.56. The summed E-state index contributed by atoms with van der Waals surface area (Å²) in [5.74, 6) is -5.02. The van der Waals surface area contributed by atoms with E-state index in [9.17, 15) is 23.2 Å². The molecular weight excluding hydrogens is 482 g/mol. The standard InChI is InChI=1S/C27H34F2N4O4/c1-26(2,3)37-25(36)33-13-11-27(28,29)20(17-33)10-12-31-23(34)19-15-21(14-18-8-6-5-7-9-18)32-22(16-19)24(35)30-4/h5-9,15-16,20H,10-14,17H2,1-4H3,(H,30,35)(H,31,34). The molecule has 1 aromatic carbocycles. The molecule has 1 aliphatic rings. The van der Waals surface area contributed by atoms with Crippen LogP contribution in [0.2, 0.25) is 0 Å². The lowest BCUT2D eigenvalue weighted by molar-refractivity contribution is -0.107. The molecule has 1 saturated heterocycles. The van der Waals surface area contributed by atoms with Crippen LogP contribution in [0, 0.1) is 5.92 Å². The van der Waals surface area contributed by atoms with Gasteiger partial charge in [-0.25, -0.2) is 18.6 Å². The third-order valence-electron chi connectivity index (χ3n) is 6.01. The predicted molar refractivity (Wildman–Crippen MR) is 135 cm³/mol. The molecule has 2 aromatic rings. The number of halogens is 2. The van der Waals surface area contributed by atoms with Crippen LogP contribution in [0.25, 0.3) is 0 Å². The van der Waals surface area contributed by atoms with E-state index in [2.05, 4.69) is 15.6 Å². The first-order valence-electron chi connectivity index (χ1n) is 12.3. The number of hydrogen-bond acceptors (Lipinski definition) is 5. The molecule has 1 aromatic heterocycles. The van der Waals surface area contributed by atoms with Gasteiger partial charge < -0.3 is 20.3 Å². The number of rotatable bonds is 7. The molecule has 1 fully saturated rings. The van der Waals surface area contributed by atoms with Gasteiger partial charge >= 0.3 is 6.09 Å². The third-order valence-corrected chi connectivity index (χ3v) is 6.01. The lowest BCUT2D eigenvalue weighted by atomic mass is 9.90. The van der Waals surface area contributed by atoms with E-state index in [4.69, 9.17) is 4.74 Å². The zero-order chi connectivity index (χ0) is 27.2. The quantitative estimate of drug-likeness (QED) is 0.579. The summed E-state index contributed by atoms with van der Waals surface area (Å²) < 4.78 is 34.5. The van der Waals surface area contributed by atoms with Crippen LogP contribution < -0.4 is 10.6 Å². The van der Waals surface area contributed by atoms with Gasteiger partial charge in [-0.05, 0) is 44.9 Å². The van der Waals surface area contributed by atoms with Crippen LogP contribution in [0.5, 0.6) is 0 Å². The van der Waals surface area contributed by atoms with Gasteiger partial charge in [0.2, 0.25) is 0 Å². The number of aromatic nitrogens is 1. The Balaban J connectivity index is 1.67. The molecule has 10 heteroatoms. The number of nitrogens with zero attached hydrogens (tertiary/aromatic N) is 2. The van der Waals surface area contributed by atoms with E-state index in [1.54, 1.807) is 26.8 Å². The SMILES string of the molecule is CNC(=O)c1cc(C(=O)NCCC2CN(C(=O)OC(C)(C)C)CCC2(F)F)cc(Cc2ccccc2)n1. The van der Waals surface area contributed by atoms with E-state index in [0.29, 0.717) is 12.1 Å². The number of ether oxygens (including phenoxy) is 1. The van der Waals surface area contributed by atoms with Crippen LogP contribution in [0.15, 0.2) is 42.5 Å². The number of amides is 3. The minimum absolute atomic E-state index is 0.0209. The van der Waals surface area contributed by atoms with Crippen molar-refractivity contribution in [1.82, 2.24) is 20.5 Å². The van der Waals surface area contributed by atoms with Crippen molar-refractivity contribution in [1.29, 1.82) is 0 Å². The van der Waals surface area contributed by atoms with Gasteiger partial charge in [-0.3, -0.25) is 9.59 Å². The fraction of sp³-hybridized carbons (Fsp3) is 0.481. The highest BCUT2D eigenvalue weighted by Gasteiger charge is 2.45. The maximum atomic E-state index is 14.6. The number of alkyl halides is 2. The van der Waals surface area contributed by atoms with E-state index in [0.717, 1.165) is 5.56 Å². The van der Waals surface area contributed by atoms with Gasteiger partial charge in [0.1, 0.15) is 11.3 Å². The highest BCUT2D eigenvalue weighted by atomic mass is 19.3. The van der Waals surface area contributed by atoms with Crippen molar-refractivity contribution in [2.75, 3.05) is 26.7 Å². The molecule has 37 heavy (non-hydrogen) atoms. The van der Waals surface area contributed by atoms with Crippen molar-refractivity contribution >= 4 is 17.9 Å². The molecule has 2 heterocycles. The first-order chi connectivity index (χ1) is 17.4. The maximum Gasteiger partial charge on any atom is 0.410 e. The van der Waals surface area contributed by atoms with Gasteiger partial charge in [-0.1, -0.05) is 30.3 Å². The summed E-state index contributed by atoms with van der Waals surface area (Å²) >= 11 is 0. The zero-order valence-electron chi connectivity index (χ0n) is 21.6. The van der Waals surface area contributed by atoms with Gasteiger partial charge in [0, 0.05) is 56.7 Å². The van der Waals surface area contributed by atoms with Gasteiger partial charge in [-0.2, -0.15) is 0 Å². The van der Waals surface area contributed by atoms with Gasteiger partial charge in [-0.15, -0.1) is 0 Å². The molecule has 3 rings (SSSR count). The largest absolute Gasteiger partial charge is 0.444 e. The summed E-state index contributed by atoms with van der Waals surface area (Å²) in [6.45, 7) is 4.89. The zero-order valence-corrected chi connectivity index (χ0v) is 21.6. The Labute approximate surface area is 215 Å². The average Bonchev–Trinajstić information content (AvgIpc) is 2.83. The fourth-order valence-corrected chi connectivity index (χ4v) is 4.09. The number of pyridine rings is 1. The Morgan fingerprint density at radius 3 is 2.49 bits per heavy atom. The molecule has 2 N–H and O–H groups in total. The van der Waals surface area contributed by atoms with Gasteiger partial charge in [0.05, 0.1) is 0 Å². The smallest absolute Gasteiger partial charge is 0.410 e. The number of carbonyl (C=O) groups is 3. The van der Waals surface area contributed by atoms with Gasteiger partial charge in [0.15, 0.2) is 0 Å². The number of likely N-dealkylation sites (tertiary alicyclic amines) is 1. The van der Waals surface area contributed by atoms with Crippen LogP contribution in [0.4, 0.5) is 13.6 Å². The summed E-state index contributed by atoms with van der Waals surface area (Å²) in [7, 11) is 1.47. The van der Waals surface area contributed by atoms with Crippen molar-refractivity contribution < 1.29 is 27.9 Å². The second-order valence-electron chi connectivity index (χ2n) is 10.2. The summed E-state index contributed by atoms with van der Waals surface area (Å²) in [5, 5.41) is 5.18. The molecule has 1 unspecified atom stereocenters. The van der Waals surface area contributed by atoms with Crippen LogP contribution in [0.3, 0.4) is 0 Å². The number of benzene rings is 1. The van der Waals surface area contributed by atoms with Gasteiger partial charge in [0.25, 0.3) is 17.7 Å². The van der Waals surface area contributed by atoms with Crippen molar-refractivity contribution in [2.45, 2.75) is 51.6 Å².